The fraction of sp³-hybridized carbons (Fsp3) is 0.824. The Balaban J connectivity index is 1.22. The number of nitrogens with zero attached hydrogens (tertiary/aromatic N) is 4. The number of nitrogens with one attached hydrogen (secondary N) is 1. The van der Waals surface area contributed by atoms with E-state index in [2.05, 4.69) is 37.9 Å². The number of morpholine rings is 1. The Morgan fingerprint density at radius 2 is 2.00 bits per heavy atom. The molecule has 1 aromatic heterocycles. The van der Waals surface area contributed by atoms with Crippen LogP contribution in [0.4, 0.5) is 5.82 Å². The molecule has 0 aromatic carbocycles. The molecule has 1 saturated carbocycles. The Bertz CT molecular complexity index is 507. The van der Waals surface area contributed by atoms with Crippen LogP contribution in [0.3, 0.4) is 0 Å². The van der Waals surface area contributed by atoms with E-state index in [1.165, 1.54) is 31.6 Å². The first-order chi connectivity index (χ1) is 11.3. The highest BCUT2D eigenvalue weighted by molar-refractivity contribution is 5.41. The maximum Gasteiger partial charge on any atom is 0.150 e. The first kappa shape index (κ1) is 15.4. The maximum absolute atomic E-state index is 5.52. The highest BCUT2D eigenvalue weighted by Crippen LogP contribution is 2.39. The molecule has 0 radical (unpaired) electrons. The standard InChI is InChI=1S/C17H29N5O/c1-14-13-23-11-10-21(14)7-4-20-5-8-22(9-6-20)17-12-16(18-19-17)15-2-3-15/h12,14-15H,2-11,13H2,1H3,(H,18,19). The fourth-order valence-corrected chi connectivity index (χ4v) is 3.66. The molecule has 3 fully saturated rings. The molecule has 0 spiro atoms. The van der Waals surface area contributed by atoms with E-state index in [0.29, 0.717) is 6.04 Å². The van der Waals surface area contributed by atoms with Crippen molar-refractivity contribution in [2.24, 2.45) is 0 Å². The highest BCUT2D eigenvalue weighted by Gasteiger charge is 2.27. The van der Waals surface area contributed by atoms with Gasteiger partial charge in [0.05, 0.1) is 13.2 Å². The lowest BCUT2D eigenvalue weighted by Crippen LogP contribution is -2.51. The Morgan fingerprint density at radius 3 is 2.74 bits per heavy atom. The SMILES string of the molecule is CC1COCCN1CCN1CCN(c2cc(C3CC3)[nH]n2)CC1. The van der Waals surface area contributed by atoms with Crippen LogP contribution in [0.1, 0.15) is 31.4 Å². The molecule has 0 bridgehead atoms. The molecular formula is C17H29N5O. The Kier molecular flexibility index (Phi) is 4.55. The van der Waals surface area contributed by atoms with Gasteiger partial charge >= 0.3 is 0 Å². The van der Waals surface area contributed by atoms with E-state index < -0.39 is 0 Å². The molecule has 1 aliphatic carbocycles. The molecule has 6 heteroatoms. The van der Waals surface area contributed by atoms with Crippen LogP contribution >= 0.6 is 0 Å². The van der Waals surface area contributed by atoms with Crippen molar-refractivity contribution in [3.8, 4) is 0 Å². The fourth-order valence-electron chi connectivity index (χ4n) is 3.66. The van der Waals surface area contributed by atoms with E-state index in [1.807, 2.05) is 0 Å². The minimum Gasteiger partial charge on any atom is -0.379 e. The molecule has 0 amide bonds. The van der Waals surface area contributed by atoms with E-state index in [-0.39, 0.29) is 0 Å². The van der Waals surface area contributed by atoms with Gasteiger partial charge in [-0.2, -0.15) is 5.10 Å². The molecule has 3 aliphatic rings. The summed E-state index contributed by atoms with van der Waals surface area (Å²) in [5.41, 5.74) is 1.34. The largest absolute Gasteiger partial charge is 0.379 e. The van der Waals surface area contributed by atoms with Crippen molar-refractivity contribution in [1.82, 2.24) is 20.0 Å². The van der Waals surface area contributed by atoms with E-state index in [0.717, 1.165) is 57.7 Å². The molecule has 1 atom stereocenters. The monoisotopic (exact) mass is 319 g/mol. The van der Waals surface area contributed by atoms with Crippen LogP contribution in [0.25, 0.3) is 0 Å². The molecule has 128 valence electrons. The quantitative estimate of drug-likeness (QED) is 0.882. The molecule has 23 heavy (non-hydrogen) atoms. The van der Waals surface area contributed by atoms with Crippen LogP contribution in [-0.4, -0.2) is 85.1 Å². The lowest BCUT2D eigenvalue weighted by atomic mass is 10.2. The number of rotatable bonds is 5. The summed E-state index contributed by atoms with van der Waals surface area (Å²) in [6.45, 7) is 11.9. The van der Waals surface area contributed by atoms with Crippen molar-refractivity contribution in [2.45, 2.75) is 31.7 Å². The number of ether oxygens (including phenoxy) is 1. The molecule has 1 unspecified atom stereocenters. The average Bonchev–Trinajstić information content (AvgIpc) is 3.32. The summed E-state index contributed by atoms with van der Waals surface area (Å²) in [6.07, 6.45) is 2.66. The molecule has 2 saturated heterocycles. The summed E-state index contributed by atoms with van der Waals surface area (Å²) in [5, 5.41) is 7.74. The second kappa shape index (κ2) is 6.79. The van der Waals surface area contributed by atoms with Gasteiger partial charge in [-0.1, -0.05) is 0 Å². The summed E-state index contributed by atoms with van der Waals surface area (Å²) in [7, 11) is 0. The van der Waals surface area contributed by atoms with Crippen LogP contribution in [-0.2, 0) is 4.74 Å². The van der Waals surface area contributed by atoms with Gasteiger partial charge in [-0.3, -0.25) is 14.9 Å². The summed E-state index contributed by atoms with van der Waals surface area (Å²) in [4.78, 5) is 7.58. The molecule has 3 heterocycles. The van der Waals surface area contributed by atoms with Crippen LogP contribution in [0.15, 0.2) is 6.07 Å². The average molecular weight is 319 g/mol. The van der Waals surface area contributed by atoms with Crippen LogP contribution in [0.2, 0.25) is 0 Å². The summed E-state index contributed by atoms with van der Waals surface area (Å²) in [5.74, 6) is 1.90. The topological polar surface area (TPSA) is 47.6 Å². The number of piperazine rings is 1. The van der Waals surface area contributed by atoms with Gasteiger partial charge in [0.25, 0.3) is 0 Å². The molecule has 2 aliphatic heterocycles. The highest BCUT2D eigenvalue weighted by atomic mass is 16.5. The molecule has 4 rings (SSSR count). The van der Waals surface area contributed by atoms with Gasteiger partial charge in [0.2, 0.25) is 0 Å². The van der Waals surface area contributed by atoms with Crippen molar-refractivity contribution >= 4 is 5.82 Å². The number of hydrogen-bond acceptors (Lipinski definition) is 5. The maximum atomic E-state index is 5.52. The second-order valence-corrected chi connectivity index (χ2v) is 7.24. The van der Waals surface area contributed by atoms with Crippen molar-refractivity contribution in [2.75, 3.05) is 63.9 Å². The van der Waals surface area contributed by atoms with Gasteiger partial charge in [0.15, 0.2) is 5.82 Å². The van der Waals surface area contributed by atoms with Gasteiger partial charge in [0, 0.05) is 69.5 Å². The zero-order valence-corrected chi connectivity index (χ0v) is 14.2. The van der Waals surface area contributed by atoms with Crippen molar-refractivity contribution in [3.63, 3.8) is 0 Å². The van der Waals surface area contributed by atoms with E-state index in [1.54, 1.807) is 0 Å². The summed E-state index contributed by atoms with van der Waals surface area (Å²) >= 11 is 0. The molecule has 1 N–H and O–H groups in total. The predicted octanol–water partition coefficient (Wildman–Crippen LogP) is 1.13. The number of aromatic nitrogens is 2. The predicted molar refractivity (Wildman–Crippen MR) is 91.1 cm³/mol. The minimum absolute atomic E-state index is 0.565. The van der Waals surface area contributed by atoms with E-state index in [9.17, 15) is 0 Å². The zero-order chi connectivity index (χ0) is 15.6. The van der Waals surface area contributed by atoms with Gasteiger partial charge < -0.3 is 9.64 Å². The normalized spacial score (nSPS) is 27.5. The Morgan fingerprint density at radius 1 is 1.17 bits per heavy atom. The van der Waals surface area contributed by atoms with Crippen LogP contribution in [0, 0.1) is 0 Å². The van der Waals surface area contributed by atoms with Gasteiger partial charge in [-0.25, -0.2) is 0 Å². The smallest absolute Gasteiger partial charge is 0.150 e. The summed E-state index contributed by atoms with van der Waals surface area (Å²) < 4.78 is 5.52. The lowest BCUT2D eigenvalue weighted by Gasteiger charge is -2.38. The Labute approximate surface area is 138 Å². The Hall–Kier alpha value is -1.11. The van der Waals surface area contributed by atoms with Gasteiger partial charge in [-0.15, -0.1) is 0 Å². The molecule has 6 nitrogen and oxygen atoms in total. The third-order valence-corrected chi connectivity index (χ3v) is 5.51. The first-order valence-corrected chi connectivity index (χ1v) is 9.14. The van der Waals surface area contributed by atoms with Crippen LogP contribution in [0.5, 0.6) is 0 Å². The minimum atomic E-state index is 0.565. The number of anilines is 1. The van der Waals surface area contributed by atoms with Crippen molar-refractivity contribution in [1.29, 1.82) is 0 Å². The third kappa shape index (κ3) is 3.70. The molecule has 1 aromatic rings. The van der Waals surface area contributed by atoms with Gasteiger partial charge in [-0.05, 0) is 19.8 Å². The number of H-pyrrole nitrogens is 1. The van der Waals surface area contributed by atoms with Crippen molar-refractivity contribution in [3.05, 3.63) is 11.8 Å². The number of aromatic amines is 1. The molecular weight excluding hydrogens is 290 g/mol. The van der Waals surface area contributed by atoms with Gasteiger partial charge in [0.1, 0.15) is 0 Å². The van der Waals surface area contributed by atoms with E-state index in [4.69, 9.17) is 4.74 Å². The van der Waals surface area contributed by atoms with E-state index >= 15 is 0 Å². The first-order valence-electron chi connectivity index (χ1n) is 9.14. The second-order valence-electron chi connectivity index (χ2n) is 7.24. The number of hydrogen-bond donors (Lipinski definition) is 1. The van der Waals surface area contributed by atoms with Crippen molar-refractivity contribution < 1.29 is 4.74 Å². The lowest BCUT2D eigenvalue weighted by molar-refractivity contribution is -0.00417. The van der Waals surface area contributed by atoms with Crippen LogP contribution < -0.4 is 4.90 Å². The summed E-state index contributed by atoms with van der Waals surface area (Å²) in [6, 6.07) is 2.83. The zero-order valence-electron chi connectivity index (χ0n) is 14.2. The third-order valence-electron chi connectivity index (χ3n) is 5.51.